The van der Waals surface area contributed by atoms with Crippen LogP contribution in [0.2, 0.25) is 0 Å². The Kier molecular flexibility index (Phi) is 10.5. The van der Waals surface area contributed by atoms with E-state index in [1.807, 2.05) is 19.9 Å². The molecule has 0 heterocycles. The van der Waals surface area contributed by atoms with Crippen molar-refractivity contribution in [1.29, 1.82) is 0 Å². The molecule has 7 heteroatoms. The van der Waals surface area contributed by atoms with Crippen LogP contribution in [0.1, 0.15) is 81.3 Å². The Bertz CT molecular complexity index is 1340. The van der Waals surface area contributed by atoms with E-state index in [0.717, 1.165) is 28.7 Å². The minimum Gasteiger partial charge on any atom is -0.489 e. The van der Waals surface area contributed by atoms with Gasteiger partial charge in [-0.1, -0.05) is 61.4 Å². The van der Waals surface area contributed by atoms with Gasteiger partial charge in [0.2, 0.25) is 0 Å². The van der Waals surface area contributed by atoms with Gasteiger partial charge in [-0.15, -0.1) is 0 Å². The number of carboxylic acids is 1. The lowest BCUT2D eigenvalue weighted by Gasteiger charge is -2.23. The molecule has 0 aromatic heterocycles. The molecule has 0 radical (unpaired) electrons. The summed E-state index contributed by atoms with van der Waals surface area (Å²) >= 11 is 0. The summed E-state index contributed by atoms with van der Waals surface area (Å²) in [7, 11) is 3.39. The first kappa shape index (κ1) is 30.4. The molecule has 1 atom stereocenters. The highest BCUT2D eigenvalue weighted by Gasteiger charge is 2.21. The van der Waals surface area contributed by atoms with Gasteiger partial charge in [0.15, 0.2) is 0 Å². The van der Waals surface area contributed by atoms with E-state index >= 15 is 0 Å². The predicted molar refractivity (Wildman–Crippen MR) is 157 cm³/mol. The fraction of sp³-hybridized carbons (Fsp3) is 0.364. The van der Waals surface area contributed by atoms with Gasteiger partial charge in [-0.05, 0) is 73.6 Å². The number of carbonyl (C=O) groups is 3. The molecule has 40 heavy (non-hydrogen) atoms. The van der Waals surface area contributed by atoms with Gasteiger partial charge >= 0.3 is 5.97 Å². The third kappa shape index (κ3) is 8.70. The summed E-state index contributed by atoms with van der Waals surface area (Å²) in [5.41, 5.74) is 5.72. The van der Waals surface area contributed by atoms with Crippen LogP contribution in [-0.2, 0) is 17.8 Å². The molecule has 0 fully saturated rings. The largest absolute Gasteiger partial charge is 0.489 e. The van der Waals surface area contributed by atoms with Crippen LogP contribution in [-0.4, -0.2) is 41.9 Å². The Morgan fingerprint density at radius 3 is 2.27 bits per heavy atom. The quantitative estimate of drug-likeness (QED) is 0.286. The Labute approximate surface area is 237 Å². The van der Waals surface area contributed by atoms with Gasteiger partial charge < -0.3 is 20.1 Å². The van der Waals surface area contributed by atoms with E-state index in [1.54, 1.807) is 50.5 Å². The molecule has 0 saturated heterocycles. The predicted octanol–water partition coefficient (Wildman–Crippen LogP) is 6.12. The van der Waals surface area contributed by atoms with Gasteiger partial charge in [-0.25, -0.2) is 0 Å². The molecule has 0 saturated carbocycles. The summed E-state index contributed by atoms with van der Waals surface area (Å²) in [6.45, 7) is 8.53. The standard InChI is InChI=1S/C33H40N2O5/c1-21(2)14-30(27-16-22(3)15-23(4)17-27)34-32(38)29-18-24(10-11-25(29)12-13-31(36)37)20-40-28-9-7-8-26(19-28)33(39)35(5)6/h7-11,15-19,21,30H,12-14,20H2,1-6H3,(H,34,38)(H,36,37). The van der Waals surface area contributed by atoms with Crippen molar-refractivity contribution in [3.8, 4) is 5.75 Å². The maximum absolute atomic E-state index is 13.7. The van der Waals surface area contributed by atoms with Crippen molar-refractivity contribution in [2.24, 2.45) is 5.92 Å². The lowest BCUT2D eigenvalue weighted by Crippen LogP contribution is -2.30. The summed E-state index contributed by atoms with van der Waals surface area (Å²) in [4.78, 5) is 38.8. The second kappa shape index (κ2) is 13.8. The van der Waals surface area contributed by atoms with E-state index < -0.39 is 5.97 Å². The summed E-state index contributed by atoms with van der Waals surface area (Å²) in [6.07, 6.45) is 0.936. The van der Waals surface area contributed by atoms with Gasteiger partial charge in [-0.3, -0.25) is 14.4 Å². The molecule has 1 unspecified atom stereocenters. The van der Waals surface area contributed by atoms with Crippen molar-refractivity contribution in [3.63, 3.8) is 0 Å². The molecule has 0 aliphatic rings. The van der Waals surface area contributed by atoms with E-state index in [2.05, 4.69) is 37.4 Å². The number of ether oxygens (including phenoxy) is 1. The Morgan fingerprint density at radius 1 is 0.950 bits per heavy atom. The van der Waals surface area contributed by atoms with Crippen LogP contribution in [0.5, 0.6) is 5.75 Å². The molecular weight excluding hydrogens is 504 g/mol. The number of hydrogen-bond donors (Lipinski definition) is 2. The number of amides is 2. The highest BCUT2D eigenvalue weighted by molar-refractivity contribution is 5.96. The second-order valence-electron chi connectivity index (χ2n) is 11.0. The number of carbonyl (C=O) groups excluding carboxylic acids is 2. The van der Waals surface area contributed by atoms with Crippen LogP contribution in [0.15, 0.2) is 60.7 Å². The van der Waals surface area contributed by atoms with Crippen LogP contribution in [0, 0.1) is 19.8 Å². The molecule has 3 rings (SSSR count). The number of nitrogens with one attached hydrogen (secondary N) is 1. The number of benzene rings is 3. The zero-order valence-corrected chi connectivity index (χ0v) is 24.3. The molecule has 7 nitrogen and oxygen atoms in total. The van der Waals surface area contributed by atoms with E-state index in [1.165, 1.54) is 4.90 Å². The average Bonchev–Trinajstić information content (AvgIpc) is 2.89. The Morgan fingerprint density at radius 2 is 1.65 bits per heavy atom. The SMILES string of the molecule is Cc1cc(C)cc(C(CC(C)C)NC(=O)c2cc(COc3cccc(C(=O)N(C)C)c3)ccc2CCC(=O)O)c1. The zero-order valence-electron chi connectivity index (χ0n) is 24.3. The van der Waals surface area contributed by atoms with Gasteiger partial charge in [-0.2, -0.15) is 0 Å². The number of aryl methyl sites for hydroxylation is 3. The average molecular weight is 545 g/mol. The normalized spacial score (nSPS) is 11.7. The van der Waals surface area contributed by atoms with Gasteiger partial charge in [0, 0.05) is 31.6 Å². The first-order valence-corrected chi connectivity index (χ1v) is 13.6. The van der Waals surface area contributed by atoms with Gasteiger partial charge in [0.05, 0.1) is 6.04 Å². The van der Waals surface area contributed by atoms with Crippen molar-refractivity contribution in [3.05, 3.63) is 99.6 Å². The topological polar surface area (TPSA) is 95.9 Å². The van der Waals surface area contributed by atoms with Crippen molar-refractivity contribution in [1.82, 2.24) is 10.2 Å². The fourth-order valence-electron chi connectivity index (χ4n) is 4.72. The van der Waals surface area contributed by atoms with Crippen LogP contribution >= 0.6 is 0 Å². The molecule has 0 spiro atoms. The Balaban J connectivity index is 1.87. The molecule has 0 aliphatic heterocycles. The minimum absolute atomic E-state index is 0.0741. The molecule has 212 valence electrons. The van der Waals surface area contributed by atoms with E-state index in [9.17, 15) is 19.5 Å². The highest BCUT2D eigenvalue weighted by atomic mass is 16.5. The van der Waals surface area contributed by atoms with Crippen molar-refractivity contribution >= 4 is 17.8 Å². The number of rotatable bonds is 12. The van der Waals surface area contributed by atoms with Crippen LogP contribution < -0.4 is 10.1 Å². The van der Waals surface area contributed by atoms with Crippen LogP contribution in [0.25, 0.3) is 0 Å². The van der Waals surface area contributed by atoms with Gasteiger partial charge in [0.1, 0.15) is 12.4 Å². The van der Waals surface area contributed by atoms with E-state index in [4.69, 9.17) is 4.74 Å². The number of carboxylic acid groups (broad SMARTS) is 1. The first-order chi connectivity index (χ1) is 18.9. The molecular formula is C33H40N2O5. The van der Waals surface area contributed by atoms with Crippen molar-refractivity contribution in [2.45, 2.75) is 59.6 Å². The number of hydrogen-bond acceptors (Lipinski definition) is 4. The second-order valence-corrected chi connectivity index (χ2v) is 11.0. The molecule has 2 amide bonds. The zero-order chi connectivity index (χ0) is 29.4. The summed E-state index contributed by atoms with van der Waals surface area (Å²) in [5, 5.41) is 12.5. The minimum atomic E-state index is -0.918. The van der Waals surface area contributed by atoms with Gasteiger partial charge in [0.25, 0.3) is 11.8 Å². The number of aliphatic carboxylic acids is 1. The molecule has 2 N–H and O–H groups in total. The Hall–Kier alpha value is -4.13. The lowest BCUT2D eigenvalue weighted by molar-refractivity contribution is -0.136. The summed E-state index contributed by atoms with van der Waals surface area (Å²) < 4.78 is 5.97. The third-order valence-corrected chi connectivity index (χ3v) is 6.58. The summed E-state index contributed by atoms with van der Waals surface area (Å²) in [6, 6.07) is 18.5. The maximum Gasteiger partial charge on any atom is 0.303 e. The monoisotopic (exact) mass is 544 g/mol. The van der Waals surface area contributed by atoms with Crippen molar-refractivity contribution < 1.29 is 24.2 Å². The lowest BCUT2D eigenvalue weighted by atomic mass is 9.93. The smallest absolute Gasteiger partial charge is 0.303 e. The molecule has 3 aromatic carbocycles. The first-order valence-electron chi connectivity index (χ1n) is 13.6. The third-order valence-electron chi connectivity index (χ3n) is 6.58. The van der Waals surface area contributed by atoms with E-state index in [0.29, 0.717) is 28.4 Å². The van der Waals surface area contributed by atoms with Crippen molar-refractivity contribution in [2.75, 3.05) is 14.1 Å². The molecule has 0 aliphatic carbocycles. The van der Waals surface area contributed by atoms with Crippen LogP contribution in [0.3, 0.4) is 0 Å². The molecule has 0 bridgehead atoms. The maximum atomic E-state index is 13.7. The van der Waals surface area contributed by atoms with E-state index in [-0.39, 0.29) is 37.3 Å². The van der Waals surface area contributed by atoms with Crippen LogP contribution in [0.4, 0.5) is 0 Å². The fourth-order valence-corrected chi connectivity index (χ4v) is 4.72. The molecule has 3 aromatic rings. The summed E-state index contributed by atoms with van der Waals surface area (Å²) in [5.74, 6) is -0.385. The number of nitrogens with zero attached hydrogens (tertiary/aromatic N) is 1. The highest BCUT2D eigenvalue weighted by Crippen LogP contribution is 2.25.